The number of aromatic nitrogens is 2. The fraction of sp³-hybridized carbons (Fsp3) is 0.556. The number of rotatable bonds is 6. The van der Waals surface area contributed by atoms with E-state index in [1.54, 1.807) is 12.4 Å². The molecular formula is C18H26ClN3OS. The van der Waals surface area contributed by atoms with Crippen LogP contribution in [0.4, 0.5) is 0 Å². The van der Waals surface area contributed by atoms with Crippen molar-refractivity contribution in [1.82, 2.24) is 9.97 Å². The van der Waals surface area contributed by atoms with E-state index in [1.807, 2.05) is 24.8 Å². The van der Waals surface area contributed by atoms with Crippen molar-refractivity contribution in [3.63, 3.8) is 0 Å². The first-order chi connectivity index (χ1) is 11.5. The van der Waals surface area contributed by atoms with E-state index in [4.69, 9.17) is 22.1 Å². The quantitative estimate of drug-likeness (QED) is 0.728. The Kier molecular flexibility index (Phi) is 7.59. The summed E-state index contributed by atoms with van der Waals surface area (Å²) >= 11 is 7.82. The molecule has 0 radical (unpaired) electrons. The molecule has 0 aliphatic heterocycles. The van der Waals surface area contributed by atoms with Gasteiger partial charge in [0.15, 0.2) is 0 Å². The number of hydrogen-bond acceptors (Lipinski definition) is 5. The van der Waals surface area contributed by atoms with Gasteiger partial charge in [0, 0.05) is 23.7 Å². The van der Waals surface area contributed by atoms with E-state index in [0.717, 1.165) is 22.8 Å². The molecule has 3 rings (SSSR count). The van der Waals surface area contributed by atoms with Gasteiger partial charge in [0.1, 0.15) is 5.15 Å². The molecule has 2 aromatic rings. The molecule has 132 valence electrons. The molecule has 0 saturated heterocycles. The van der Waals surface area contributed by atoms with Crippen LogP contribution >= 0.6 is 23.4 Å². The summed E-state index contributed by atoms with van der Waals surface area (Å²) < 4.78 is 5.82. The third-order valence-electron chi connectivity index (χ3n) is 3.74. The van der Waals surface area contributed by atoms with Gasteiger partial charge in [-0.3, -0.25) is 0 Å². The van der Waals surface area contributed by atoms with Crippen molar-refractivity contribution < 1.29 is 4.74 Å². The van der Waals surface area contributed by atoms with Crippen LogP contribution in [0.2, 0.25) is 5.15 Å². The molecule has 1 saturated carbocycles. The van der Waals surface area contributed by atoms with E-state index in [9.17, 15) is 0 Å². The van der Waals surface area contributed by atoms with Crippen molar-refractivity contribution in [2.75, 3.05) is 12.9 Å². The number of hydrogen-bond donors (Lipinski definition) is 1. The Labute approximate surface area is 153 Å². The highest BCUT2D eigenvalue weighted by Gasteiger charge is 2.13. The van der Waals surface area contributed by atoms with Gasteiger partial charge < -0.3 is 10.5 Å². The molecule has 0 amide bonds. The van der Waals surface area contributed by atoms with Crippen molar-refractivity contribution in [2.24, 2.45) is 5.73 Å². The SMILES string of the molecule is C1CC1.CSC(C)CCOc1ncc(C(C)N)c2cc(Cl)ncc12. The van der Waals surface area contributed by atoms with Crippen LogP contribution in [0.15, 0.2) is 18.5 Å². The van der Waals surface area contributed by atoms with Crippen LogP contribution in [0.3, 0.4) is 0 Å². The molecule has 2 heterocycles. The van der Waals surface area contributed by atoms with Gasteiger partial charge in [0.25, 0.3) is 0 Å². The maximum atomic E-state index is 6.00. The number of ether oxygens (including phenoxy) is 1. The summed E-state index contributed by atoms with van der Waals surface area (Å²) in [4.78, 5) is 8.52. The van der Waals surface area contributed by atoms with E-state index in [-0.39, 0.29) is 6.04 Å². The maximum absolute atomic E-state index is 6.00. The summed E-state index contributed by atoms with van der Waals surface area (Å²) in [6, 6.07) is 1.69. The van der Waals surface area contributed by atoms with Gasteiger partial charge in [-0.05, 0) is 36.6 Å². The molecule has 4 nitrogen and oxygen atoms in total. The smallest absolute Gasteiger partial charge is 0.222 e. The van der Waals surface area contributed by atoms with Crippen molar-refractivity contribution in [1.29, 1.82) is 0 Å². The molecule has 6 heteroatoms. The van der Waals surface area contributed by atoms with E-state index < -0.39 is 0 Å². The maximum Gasteiger partial charge on any atom is 0.222 e. The highest BCUT2D eigenvalue weighted by Crippen LogP contribution is 2.30. The minimum atomic E-state index is -0.121. The van der Waals surface area contributed by atoms with Crippen LogP contribution in [0.5, 0.6) is 5.88 Å². The second-order valence-corrected chi connectivity index (χ2v) is 7.77. The van der Waals surface area contributed by atoms with Crippen LogP contribution in [0.25, 0.3) is 10.8 Å². The normalized spacial score (nSPS) is 15.4. The number of halogens is 1. The summed E-state index contributed by atoms with van der Waals surface area (Å²) in [5.41, 5.74) is 6.93. The molecule has 24 heavy (non-hydrogen) atoms. The van der Waals surface area contributed by atoms with Crippen molar-refractivity contribution in [2.45, 2.75) is 50.8 Å². The lowest BCUT2D eigenvalue weighted by molar-refractivity contribution is 0.303. The van der Waals surface area contributed by atoms with Gasteiger partial charge in [0.05, 0.1) is 12.0 Å². The van der Waals surface area contributed by atoms with Crippen LogP contribution in [0, 0.1) is 0 Å². The van der Waals surface area contributed by atoms with Gasteiger partial charge in [-0.2, -0.15) is 11.8 Å². The number of fused-ring (bicyclic) bond motifs is 1. The molecule has 0 spiro atoms. The third kappa shape index (κ3) is 5.80. The minimum absolute atomic E-state index is 0.121. The van der Waals surface area contributed by atoms with Gasteiger partial charge in [-0.15, -0.1) is 0 Å². The monoisotopic (exact) mass is 367 g/mol. The van der Waals surface area contributed by atoms with Crippen molar-refractivity contribution in [3.05, 3.63) is 29.2 Å². The molecule has 2 atom stereocenters. The van der Waals surface area contributed by atoms with Crippen molar-refractivity contribution >= 4 is 34.1 Å². The zero-order chi connectivity index (χ0) is 17.5. The summed E-state index contributed by atoms with van der Waals surface area (Å²) in [6.45, 7) is 4.73. The second kappa shape index (κ2) is 9.44. The molecule has 2 unspecified atom stereocenters. The van der Waals surface area contributed by atoms with E-state index >= 15 is 0 Å². The third-order valence-corrected chi connectivity index (χ3v) is 4.99. The molecular weight excluding hydrogens is 342 g/mol. The summed E-state index contributed by atoms with van der Waals surface area (Å²) in [5, 5.41) is 2.81. The first kappa shape index (κ1) is 19.3. The predicted octanol–water partition coefficient (Wildman–Crippen LogP) is 4.99. The predicted molar refractivity (Wildman–Crippen MR) is 104 cm³/mol. The zero-order valence-corrected chi connectivity index (χ0v) is 16.2. The van der Waals surface area contributed by atoms with E-state index in [1.165, 1.54) is 19.3 Å². The lowest BCUT2D eigenvalue weighted by atomic mass is 10.0. The Morgan fingerprint density at radius 1 is 1.21 bits per heavy atom. The summed E-state index contributed by atoms with van der Waals surface area (Å²) in [5.74, 6) is 0.590. The Morgan fingerprint density at radius 3 is 2.50 bits per heavy atom. The van der Waals surface area contributed by atoms with Crippen LogP contribution in [0.1, 0.15) is 51.1 Å². The van der Waals surface area contributed by atoms with Gasteiger partial charge in [-0.1, -0.05) is 37.8 Å². The first-order valence-electron chi connectivity index (χ1n) is 8.38. The zero-order valence-electron chi connectivity index (χ0n) is 14.6. The number of pyridine rings is 2. The van der Waals surface area contributed by atoms with Crippen LogP contribution < -0.4 is 10.5 Å². The Balaban J connectivity index is 0.000000623. The summed E-state index contributed by atoms with van der Waals surface area (Å²) in [7, 11) is 0. The van der Waals surface area contributed by atoms with Gasteiger partial charge in [0.2, 0.25) is 5.88 Å². The average Bonchev–Trinajstić information content (AvgIpc) is 3.42. The molecule has 0 bridgehead atoms. The number of nitrogens with zero attached hydrogens (tertiary/aromatic N) is 2. The molecule has 1 fully saturated rings. The molecule has 1 aliphatic rings. The van der Waals surface area contributed by atoms with Crippen LogP contribution in [-0.4, -0.2) is 28.1 Å². The second-order valence-electron chi connectivity index (χ2n) is 6.10. The standard InChI is InChI=1S/C15H20ClN3OS.C3H6/c1-9(21-3)4-5-20-15-13-8-18-14(16)6-11(13)12(7-19-15)10(2)17;1-2-3-1/h6-10H,4-5,17H2,1-3H3;1-3H2. The summed E-state index contributed by atoms with van der Waals surface area (Å²) in [6.07, 6.45) is 11.0. The fourth-order valence-corrected chi connectivity index (χ4v) is 2.51. The molecule has 2 aromatic heterocycles. The van der Waals surface area contributed by atoms with Gasteiger partial charge >= 0.3 is 0 Å². The lowest BCUT2D eigenvalue weighted by Crippen LogP contribution is -2.09. The highest BCUT2D eigenvalue weighted by atomic mass is 35.5. The fourth-order valence-electron chi connectivity index (χ4n) is 2.02. The average molecular weight is 368 g/mol. The van der Waals surface area contributed by atoms with Gasteiger partial charge in [-0.25, -0.2) is 9.97 Å². The topological polar surface area (TPSA) is 61.0 Å². The number of thioether (sulfide) groups is 1. The Hall–Kier alpha value is -1.04. The Bertz CT molecular complexity index is 661. The highest BCUT2D eigenvalue weighted by molar-refractivity contribution is 7.99. The molecule has 2 N–H and O–H groups in total. The first-order valence-corrected chi connectivity index (χ1v) is 10.0. The molecule has 1 aliphatic carbocycles. The largest absolute Gasteiger partial charge is 0.477 e. The van der Waals surface area contributed by atoms with Crippen LogP contribution in [-0.2, 0) is 0 Å². The van der Waals surface area contributed by atoms with E-state index in [2.05, 4.69) is 23.1 Å². The number of nitrogens with two attached hydrogens (primary N) is 1. The van der Waals surface area contributed by atoms with E-state index in [0.29, 0.717) is 22.9 Å². The lowest BCUT2D eigenvalue weighted by Gasteiger charge is -2.14. The van der Waals surface area contributed by atoms with Crippen molar-refractivity contribution in [3.8, 4) is 5.88 Å². The Morgan fingerprint density at radius 2 is 1.92 bits per heavy atom. The molecule has 0 aromatic carbocycles. The minimum Gasteiger partial charge on any atom is -0.477 e.